The van der Waals surface area contributed by atoms with Gasteiger partial charge in [-0.1, -0.05) is 0 Å². The normalized spacial score (nSPS) is 32.2. The molecule has 0 bridgehead atoms. The van der Waals surface area contributed by atoms with Crippen LogP contribution in [-0.4, -0.2) is 35.3 Å². The van der Waals surface area contributed by atoms with Crippen molar-refractivity contribution in [2.24, 2.45) is 11.8 Å². The minimum absolute atomic E-state index is 0.297. The van der Waals surface area contributed by atoms with E-state index < -0.39 is 24.0 Å². The Hall–Kier alpha value is -1.36. The molecule has 0 saturated carbocycles. The largest absolute Gasteiger partial charge is 0.358 e. The maximum absolute atomic E-state index is 11.5. The average molecular weight is 240 g/mol. The van der Waals surface area contributed by atoms with Crippen LogP contribution < -0.4 is 0 Å². The van der Waals surface area contributed by atoms with E-state index in [1.807, 2.05) is 0 Å². The van der Waals surface area contributed by atoms with Crippen molar-refractivity contribution in [3.8, 4) is 0 Å². The average Bonchev–Trinajstić information content (AvgIpc) is 2.56. The molecule has 4 atom stereocenters. The topological polar surface area (TPSA) is 77.5 Å². The summed E-state index contributed by atoms with van der Waals surface area (Å²) in [4.78, 5) is 45.9. The van der Waals surface area contributed by atoms with E-state index in [2.05, 4.69) is 0 Å². The number of hydrogen-bond donors (Lipinski definition) is 0. The fraction of sp³-hybridized carbons (Fsp3) is 0.667. The molecule has 1 aliphatic heterocycles. The van der Waals surface area contributed by atoms with E-state index in [4.69, 9.17) is 4.74 Å². The van der Waals surface area contributed by atoms with Crippen molar-refractivity contribution in [3.05, 3.63) is 0 Å². The molecule has 1 rings (SSSR count). The van der Waals surface area contributed by atoms with Gasteiger partial charge in [-0.3, -0.25) is 19.2 Å². The number of Topliss-reactive ketones (excluding diaryl/α,β-unsaturated/α-hetero) is 4. The molecule has 94 valence electrons. The van der Waals surface area contributed by atoms with Gasteiger partial charge in [0.25, 0.3) is 0 Å². The zero-order chi connectivity index (χ0) is 13.3. The van der Waals surface area contributed by atoms with E-state index in [9.17, 15) is 19.2 Å². The summed E-state index contributed by atoms with van der Waals surface area (Å²) >= 11 is 0. The Morgan fingerprint density at radius 3 is 1.12 bits per heavy atom. The number of carbonyl (C=O) groups is 4. The summed E-state index contributed by atoms with van der Waals surface area (Å²) < 4.78 is 5.29. The number of carbonyl (C=O) groups excluding carboxylic acids is 4. The fourth-order valence-electron chi connectivity index (χ4n) is 2.33. The van der Waals surface area contributed by atoms with Crippen LogP contribution in [0.15, 0.2) is 0 Å². The molecule has 0 N–H and O–H groups in total. The van der Waals surface area contributed by atoms with Crippen molar-refractivity contribution in [1.82, 2.24) is 0 Å². The van der Waals surface area contributed by atoms with Crippen LogP contribution in [0.4, 0.5) is 0 Å². The Balaban J connectivity index is 3.17. The lowest BCUT2D eigenvalue weighted by Crippen LogP contribution is -2.36. The minimum Gasteiger partial charge on any atom is -0.358 e. The minimum atomic E-state index is -0.977. The molecule has 0 aromatic carbocycles. The number of hydrogen-bond acceptors (Lipinski definition) is 5. The zero-order valence-corrected chi connectivity index (χ0v) is 10.4. The van der Waals surface area contributed by atoms with Crippen LogP contribution >= 0.6 is 0 Å². The molecule has 0 spiro atoms. The lowest BCUT2D eigenvalue weighted by atomic mass is 9.80. The van der Waals surface area contributed by atoms with Crippen LogP contribution in [0.2, 0.25) is 0 Å². The summed E-state index contributed by atoms with van der Waals surface area (Å²) in [5.74, 6) is -2.93. The highest BCUT2D eigenvalue weighted by molar-refractivity contribution is 5.98. The number of rotatable bonds is 4. The van der Waals surface area contributed by atoms with Crippen molar-refractivity contribution in [2.75, 3.05) is 0 Å². The second-order valence-corrected chi connectivity index (χ2v) is 4.47. The Labute approximate surface area is 99.5 Å². The Bertz CT molecular complexity index is 348. The monoisotopic (exact) mass is 240 g/mol. The van der Waals surface area contributed by atoms with Crippen LogP contribution in [0.5, 0.6) is 0 Å². The summed E-state index contributed by atoms with van der Waals surface area (Å²) in [5, 5.41) is 0. The van der Waals surface area contributed by atoms with E-state index in [1.165, 1.54) is 27.7 Å². The van der Waals surface area contributed by atoms with Gasteiger partial charge in [-0.25, -0.2) is 0 Å². The van der Waals surface area contributed by atoms with Crippen LogP contribution in [0.3, 0.4) is 0 Å². The van der Waals surface area contributed by atoms with E-state index in [0.29, 0.717) is 0 Å². The van der Waals surface area contributed by atoms with Crippen LogP contribution in [0.1, 0.15) is 27.7 Å². The van der Waals surface area contributed by atoms with Crippen molar-refractivity contribution in [2.45, 2.75) is 39.9 Å². The quantitative estimate of drug-likeness (QED) is 0.708. The summed E-state index contributed by atoms with van der Waals surface area (Å²) in [6.07, 6.45) is -1.95. The highest BCUT2D eigenvalue weighted by Gasteiger charge is 2.52. The summed E-state index contributed by atoms with van der Waals surface area (Å²) in [5.41, 5.74) is 0. The fourth-order valence-corrected chi connectivity index (χ4v) is 2.33. The molecule has 17 heavy (non-hydrogen) atoms. The maximum atomic E-state index is 11.5. The van der Waals surface area contributed by atoms with Gasteiger partial charge in [0, 0.05) is 0 Å². The van der Waals surface area contributed by atoms with Crippen molar-refractivity contribution in [1.29, 1.82) is 0 Å². The summed E-state index contributed by atoms with van der Waals surface area (Å²) in [7, 11) is 0. The predicted molar refractivity (Wildman–Crippen MR) is 58.4 cm³/mol. The predicted octanol–water partition coefficient (Wildman–Crippen LogP) is 0.342. The van der Waals surface area contributed by atoms with Gasteiger partial charge in [-0.05, 0) is 27.7 Å². The third-order valence-electron chi connectivity index (χ3n) is 3.07. The van der Waals surface area contributed by atoms with Crippen LogP contribution in [0.25, 0.3) is 0 Å². The molecule has 0 amide bonds. The Morgan fingerprint density at radius 1 is 0.647 bits per heavy atom. The molecule has 1 heterocycles. The first-order chi connectivity index (χ1) is 7.77. The van der Waals surface area contributed by atoms with Crippen molar-refractivity contribution < 1.29 is 23.9 Å². The zero-order valence-electron chi connectivity index (χ0n) is 10.4. The lowest BCUT2D eigenvalue weighted by molar-refractivity contribution is -0.139. The molecule has 5 heteroatoms. The number of ether oxygens (including phenoxy) is 1. The molecule has 4 unspecified atom stereocenters. The maximum Gasteiger partial charge on any atom is 0.159 e. The van der Waals surface area contributed by atoms with Crippen molar-refractivity contribution in [3.63, 3.8) is 0 Å². The van der Waals surface area contributed by atoms with Crippen molar-refractivity contribution >= 4 is 23.1 Å². The molecule has 0 aliphatic carbocycles. The third-order valence-corrected chi connectivity index (χ3v) is 3.07. The van der Waals surface area contributed by atoms with Crippen LogP contribution in [-0.2, 0) is 23.9 Å². The first-order valence-electron chi connectivity index (χ1n) is 5.44. The highest BCUT2D eigenvalue weighted by Crippen LogP contribution is 2.35. The van der Waals surface area contributed by atoms with E-state index in [-0.39, 0.29) is 23.1 Å². The van der Waals surface area contributed by atoms with Gasteiger partial charge in [0.2, 0.25) is 0 Å². The summed E-state index contributed by atoms with van der Waals surface area (Å²) in [6.45, 7) is 5.20. The molecule has 1 aliphatic rings. The molecule has 0 radical (unpaired) electrons. The van der Waals surface area contributed by atoms with Gasteiger partial charge in [-0.2, -0.15) is 0 Å². The van der Waals surface area contributed by atoms with E-state index >= 15 is 0 Å². The standard InChI is InChI=1S/C12H16O5/c1-5(13)9-10(6(2)14)12(8(4)16)17-11(9)7(3)15/h9-12H,1-4H3. The van der Waals surface area contributed by atoms with E-state index in [1.54, 1.807) is 0 Å². The van der Waals surface area contributed by atoms with Gasteiger partial charge in [0.1, 0.15) is 23.8 Å². The van der Waals surface area contributed by atoms with Gasteiger partial charge < -0.3 is 4.74 Å². The molecule has 0 aromatic heterocycles. The highest BCUT2D eigenvalue weighted by atomic mass is 16.5. The van der Waals surface area contributed by atoms with Gasteiger partial charge in [0.05, 0.1) is 11.8 Å². The number of ketones is 4. The Kier molecular flexibility index (Phi) is 3.93. The Morgan fingerprint density at radius 2 is 0.941 bits per heavy atom. The molecule has 1 fully saturated rings. The first kappa shape index (κ1) is 13.7. The van der Waals surface area contributed by atoms with Gasteiger partial charge in [0.15, 0.2) is 11.6 Å². The summed E-state index contributed by atoms with van der Waals surface area (Å²) in [6, 6.07) is 0. The van der Waals surface area contributed by atoms with Gasteiger partial charge in [-0.15, -0.1) is 0 Å². The lowest BCUT2D eigenvalue weighted by Gasteiger charge is -2.17. The third kappa shape index (κ3) is 2.49. The molecule has 1 saturated heterocycles. The van der Waals surface area contributed by atoms with E-state index in [0.717, 1.165) is 0 Å². The smallest absolute Gasteiger partial charge is 0.159 e. The second-order valence-electron chi connectivity index (χ2n) is 4.47. The first-order valence-corrected chi connectivity index (χ1v) is 5.44. The molecular weight excluding hydrogens is 224 g/mol. The molecule has 0 aromatic rings. The second kappa shape index (κ2) is 4.87. The molecule has 5 nitrogen and oxygen atoms in total. The van der Waals surface area contributed by atoms with Gasteiger partial charge >= 0.3 is 0 Å². The SMILES string of the molecule is CC(=O)C1OC(C(C)=O)C(C(C)=O)C1C(C)=O. The van der Waals surface area contributed by atoms with Crippen LogP contribution in [0, 0.1) is 11.8 Å². The molecular formula is C12H16O5.